The van der Waals surface area contributed by atoms with Crippen molar-refractivity contribution in [2.24, 2.45) is 0 Å². The maximum Gasteiger partial charge on any atom is 0.0228 e. The summed E-state index contributed by atoms with van der Waals surface area (Å²) in [6, 6.07) is 4.00. The summed E-state index contributed by atoms with van der Waals surface area (Å²) >= 11 is 0. The van der Waals surface area contributed by atoms with Crippen molar-refractivity contribution in [3.63, 3.8) is 0 Å². The van der Waals surface area contributed by atoms with Gasteiger partial charge in [-0.15, -0.1) is 0 Å². The van der Waals surface area contributed by atoms with Crippen LogP contribution in [0.3, 0.4) is 0 Å². The Kier molecular flexibility index (Phi) is 8.41. The van der Waals surface area contributed by atoms with Gasteiger partial charge in [-0.1, -0.05) is 51.6 Å². The maximum atomic E-state index is 2.55. The Balaban J connectivity index is 2.60. The molecule has 0 bridgehead atoms. The lowest BCUT2D eigenvalue weighted by Crippen LogP contribution is -1.87. The van der Waals surface area contributed by atoms with Crippen molar-refractivity contribution in [2.75, 3.05) is 0 Å². The molecule has 0 aromatic heterocycles. The molecule has 0 saturated carbocycles. The highest BCUT2D eigenvalue weighted by molar-refractivity contribution is 6.39. The van der Waals surface area contributed by atoms with E-state index >= 15 is 0 Å². The maximum absolute atomic E-state index is 2.55. The molecular formula is C8H19Si. The molecule has 9 heavy (non-hydrogen) atoms. The first-order valence-corrected chi connectivity index (χ1v) is 6.05. The van der Waals surface area contributed by atoms with Crippen LogP contribution in [0.2, 0.25) is 6.04 Å². The van der Waals surface area contributed by atoms with Gasteiger partial charge < -0.3 is 0 Å². The van der Waals surface area contributed by atoms with E-state index in [0.29, 0.717) is 0 Å². The minimum Gasteiger partial charge on any atom is -0.0683 e. The van der Waals surface area contributed by atoms with Gasteiger partial charge in [0.25, 0.3) is 0 Å². The number of unbranched alkanes of at least 4 members (excludes halogenated alkanes) is 3. The van der Waals surface area contributed by atoms with E-state index in [4.69, 9.17) is 0 Å². The van der Waals surface area contributed by atoms with Crippen molar-refractivity contribution < 1.29 is 0 Å². The fourth-order valence-corrected chi connectivity index (χ4v) is 1.87. The van der Waals surface area contributed by atoms with E-state index in [1.54, 1.807) is 0 Å². The lowest BCUT2D eigenvalue weighted by molar-refractivity contribution is 0.722. The second-order valence-electron chi connectivity index (χ2n) is 2.57. The lowest BCUT2D eigenvalue weighted by Gasteiger charge is -1.95. The first kappa shape index (κ1) is 9.22. The molecule has 0 amide bonds. The average molecular weight is 143 g/mol. The van der Waals surface area contributed by atoms with Gasteiger partial charge in [0.15, 0.2) is 0 Å². The van der Waals surface area contributed by atoms with Crippen LogP contribution in [0.4, 0.5) is 0 Å². The summed E-state index contributed by atoms with van der Waals surface area (Å²) in [4.78, 5) is 0. The van der Waals surface area contributed by atoms with E-state index in [1.165, 1.54) is 31.7 Å². The SMILES string of the molecule is CCCCC[CH][SiH2]CC. The van der Waals surface area contributed by atoms with Crippen LogP contribution < -0.4 is 0 Å². The molecule has 0 atom stereocenters. The van der Waals surface area contributed by atoms with E-state index in [0.717, 1.165) is 0 Å². The van der Waals surface area contributed by atoms with Crippen LogP contribution >= 0.6 is 0 Å². The molecule has 0 N–H and O–H groups in total. The second kappa shape index (κ2) is 8.22. The van der Waals surface area contributed by atoms with Gasteiger partial charge in [0.2, 0.25) is 0 Å². The molecule has 0 nitrogen and oxygen atoms in total. The fraction of sp³-hybridized carbons (Fsp3) is 0.875. The smallest absolute Gasteiger partial charge is 0.0228 e. The number of hydrogen-bond acceptors (Lipinski definition) is 0. The third kappa shape index (κ3) is 8.22. The summed E-state index contributed by atoms with van der Waals surface area (Å²) in [6.07, 6.45) is 5.62. The average Bonchev–Trinajstić information content (AvgIpc) is 1.89. The summed E-state index contributed by atoms with van der Waals surface area (Å²) in [5, 5.41) is 0. The summed E-state index contributed by atoms with van der Waals surface area (Å²) in [6.45, 7) is 4.56. The first-order valence-electron chi connectivity index (χ1n) is 4.23. The molecule has 0 unspecified atom stereocenters. The van der Waals surface area contributed by atoms with Gasteiger partial charge in [-0.25, -0.2) is 0 Å². The molecule has 0 aliphatic carbocycles. The summed E-state index contributed by atoms with van der Waals surface area (Å²) in [5.41, 5.74) is 0. The van der Waals surface area contributed by atoms with Crippen LogP contribution in [-0.4, -0.2) is 9.52 Å². The van der Waals surface area contributed by atoms with Crippen molar-refractivity contribution in [1.29, 1.82) is 0 Å². The molecular weight excluding hydrogens is 124 g/mol. The van der Waals surface area contributed by atoms with E-state index < -0.39 is 0 Å². The van der Waals surface area contributed by atoms with Crippen molar-refractivity contribution in [1.82, 2.24) is 0 Å². The normalized spacial score (nSPS) is 11.3. The van der Waals surface area contributed by atoms with E-state index in [2.05, 4.69) is 19.9 Å². The van der Waals surface area contributed by atoms with Crippen LogP contribution in [-0.2, 0) is 0 Å². The second-order valence-corrected chi connectivity index (χ2v) is 4.73. The van der Waals surface area contributed by atoms with Crippen LogP contribution in [0.5, 0.6) is 0 Å². The molecule has 1 heteroatoms. The Labute approximate surface area is 61.9 Å². The Morgan fingerprint density at radius 2 is 2.00 bits per heavy atom. The van der Waals surface area contributed by atoms with E-state index in [1.807, 2.05) is 0 Å². The minimum atomic E-state index is 0.269. The van der Waals surface area contributed by atoms with Crippen molar-refractivity contribution in [3.05, 3.63) is 6.04 Å². The number of hydrogen-bond donors (Lipinski definition) is 0. The molecule has 0 fully saturated rings. The molecule has 0 aromatic rings. The zero-order valence-electron chi connectivity index (χ0n) is 6.82. The van der Waals surface area contributed by atoms with Gasteiger partial charge in [-0.05, 0) is 0 Å². The molecule has 0 heterocycles. The lowest BCUT2D eigenvalue weighted by atomic mass is 10.2. The molecule has 0 aromatic carbocycles. The van der Waals surface area contributed by atoms with Crippen LogP contribution in [0.15, 0.2) is 0 Å². The zero-order chi connectivity index (χ0) is 6.95. The predicted molar refractivity (Wildman–Crippen MR) is 47.5 cm³/mol. The van der Waals surface area contributed by atoms with Gasteiger partial charge in [0, 0.05) is 9.52 Å². The first-order chi connectivity index (χ1) is 4.41. The van der Waals surface area contributed by atoms with Gasteiger partial charge in [-0.2, -0.15) is 0 Å². The minimum absolute atomic E-state index is 0.269. The standard InChI is InChI=1S/C8H19Si/c1-3-5-6-7-8-9-4-2/h8H,3-7,9H2,1-2H3. The Bertz CT molecular complexity index is 37.8. The molecule has 0 aliphatic heterocycles. The highest BCUT2D eigenvalue weighted by Crippen LogP contribution is 2.00. The third-order valence-electron chi connectivity index (χ3n) is 1.50. The molecule has 0 saturated heterocycles. The molecule has 55 valence electrons. The van der Waals surface area contributed by atoms with Gasteiger partial charge in [0.1, 0.15) is 0 Å². The quantitative estimate of drug-likeness (QED) is 0.395. The van der Waals surface area contributed by atoms with Gasteiger partial charge in [-0.3, -0.25) is 0 Å². The Hall–Kier alpha value is 0.217. The molecule has 0 aliphatic rings. The Morgan fingerprint density at radius 1 is 1.22 bits per heavy atom. The van der Waals surface area contributed by atoms with Crippen LogP contribution in [0.1, 0.15) is 39.5 Å². The zero-order valence-corrected chi connectivity index (χ0v) is 8.23. The Morgan fingerprint density at radius 3 is 2.56 bits per heavy atom. The van der Waals surface area contributed by atoms with Gasteiger partial charge >= 0.3 is 0 Å². The van der Waals surface area contributed by atoms with Crippen molar-refractivity contribution in [3.8, 4) is 0 Å². The molecule has 1 radical (unpaired) electrons. The topological polar surface area (TPSA) is 0 Å². The summed E-state index contributed by atoms with van der Waals surface area (Å²) in [7, 11) is 0.269. The largest absolute Gasteiger partial charge is 0.0683 e. The molecule has 0 spiro atoms. The monoisotopic (exact) mass is 143 g/mol. The highest BCUT2D eigenvalue weighted by Gasteiger charge is 1.86. The van der Waals surface area contributed by atoms with Crippen LogP contribution in [0, 0.1) is 6.04 Å². The van der Waals surface area contributed by atoms with Crippen molar-refractivity contribution >= 4 is 9.52 Å². The van der Waals surface area contributed by atoms with Crippen molar-refractivity contribution in [2.45, 2.75) is 45.6 Å². The fourth-order valence-electron chi connectivity index (χ4n) is 0.887. The third-order valence-corrected chi connectivity index (χ3v) is 2.90. The number of rotatable bonds is 6. The molecule has 0 rings (SSSR count). The van der Waals surface area contributed by atoms with E-state index in [9.17, 15) is 0 Å². The predicted octanol–water partition coefficient (Wildman–Crippen LogP) is 2.34. The summed E-state index contributed by atoms with van der Waals surface area (Å²) < 4.78 is 0. The van der Waals surface area contributed by atoms with E-state index in [-0.39, 0.29) is 9.52 Å². The summed E-state index contributed by atoms with van der Waals surface area (Å²) in [5.74, 6) is 0. The highest BCUT2D eigenvalue weighted by atomic mass is 28.2. The van der Waals surface area contributed by atoms with Gasteiger partial charge in [0.05, 0.1) is 0 Å². The van der Waals surface area contributed by atoms with Crippen LogP contribution in [0.25, 0.3) is 0 Å².